The minimum atomic E-state index is 0.613. The van der Waals surface area contributed by atoms with Crippen molar-refractivity contribution in [2.75, 3.05) is 6.54 Å². The van der Waals surface area contributed by atoms with Gasteiger partial charge in [0.2, 0.25) is 0 Å². The topological polar surface area (TPSA) is 29.9 Å². The quantitative estimate of drug-likeness (QED) is 0.878. The van der Waals surface area contributed by atoms with Gasteiger partial charge in [0.05, 0.1) is 11.0 Å². The van der Waals surface area contributed by atoms with Gasteiger partial charge in [-0.15, -0.1) is 0 Å². The third kappa shape index (κ3) is 1.93. The van der Waals surface area contributed by atoms with E-state index in [1.54, 1.807) is 0 Å². The van der Waals surface area contributed by atoms with Crippen LogP contribution in [0.3, 0.4) is 0 Å². The highest BCUT2D eigenvalue weighted by molar-refractivity contribution is 5.80. The molecule has 1 aromatic carbocycles. The molecule has 1 aliphatic rings. The van der Waals surface area contributed by atoms with E-state index in [1.165, 1.54) is 35.3 Å². The first kappa shape index (κ1) is 11.7. The first-order chi connectivity index (χ1) is 8.65. The predicted octanol–water partition coefficient (Wildman–Crippen LogP) is 2.48. The molecule has 0 amide bonds. The lowest BCUT2D eigenvalue weighted by Gasteiger charge is -2.10. The molecule has 1 N–H and O–H groups in total. The van der Waals surface area contributed by atoms with Crippen LogP contribution in [0.2, 0.25) is 0 Å². The number of nitrogens with one attached hydrogen (secondary N) is 1. The molecule has 0 radical (unpaired) electrons. The fourth-order valence-corrected chi connectivity index (χ4v) is 3.14. The minimum Gasteiger partial charge on any atom is -0.331 e. The second-order valence-electron chi connectivity index (χ2n) is 5.53. The molecule has 3 rings (SSSR count). The van der Waals surface area contributed by atoms with Crippen LogP contribution in [0.15, 0.2) is 12.1 Å². The van der Waals surface area contributed by atoms with Crippen LogP contribution in [0.5, 0.6) is 0 Å². The number of benzene rings is 1. The lowest BCUT2D eigenvalue weighted by molar-refractivity contribution is 0.575. The lowest BCUT2D eigenvalue weighted by Crippen LogP contribution is -2.25. The van der Waals surface area contributed by atoms with E-state index in [-0.39, 0.29) is 0 Å². The van der Waals surface area contributed by atoms with Gasteiger partial charge in [-0.25, -0.2) is 4.98 Å². The van der Waals surface area contributed by atoms with Gasteiger partial charge in [0.25, 0.3) is 0 Å². The van der Waals surface area contributed by atoms with E-state index in [4.69, 9.17) is 4.98 Å². The van der Waals surface area contributed by atoms with Crippen molar-refractivity contribution < 1.29 is 0 Å². The van der Waals surface area contributed by atoms with Crippen molar-refractivity contribution in [2.45, 2.75) is 39.2 Å². The molecule has 18 heavy (non-hydrogen) atoms. The van der Waals surface area contributed by atoms with Crippen LogP contribution in [0.25, 0.3) is 11.0 Å². The van der Waals surface area contributed by atoms with Crippen molar-refractivity contribution in [3.8, 4) is 0 Å². The Morgan fingerprint density at radius 1 is 1.39 bits per heavy atom. The number of aryl methyl sites for hydroxylation is 3. The van der Waals surface area contributed by atoms with Crippen molar-refractivity contribution in [2.24, 2.45) is 7.05 Å². The molecule has 96 valence electrons. The third-order valence-electron chi connectivity index (χ3n) is 3.99. The smallest absolute Gasteiger partial charge is 0.111 e. The van der Waals surface area contributed by atoms with Crippen LogP contribution in [-0.2, 0) is 13.5 Å². The highest BCUT2D eigenvalue weighted by atomic mass is 15.1. The Hall–Kier alpha value is -1.35. The number of hydrogen-bond acceptors (Lipinski definition) is 2. The maximum Gasteiger partial charge on any atom is 0.111 e. The van der Waals surface area contributed by atoms with Gasteiger partial charge in [-0.1, -0.05) is 6.07 Å². The summed E-state index contributed by atoms with van der Waals surface area (Å²) < 4.78 is 2.27. The minimum absolute atomic E-state index is 0.613. The molecule has 0 bridgehead atoms. The Labute approximate surface area is 108 Å². The summed E-state index contributed by atoms with van der Waals surface area (Å²) in [6, 6.07) is 5.04. The zero-order valence-electron chi connectivity index (χ0n) is 11.5. The Morgan fingerprint density at radius 2 is 2.22 bits per heavy atom. The number of aromatic nitrogens is 2. The maximum atomic E-state index is 4.82. The second-order valence-corrected chi connectivity index (χ2v) is 5.53. The monoisotopic (exact) mass is 243 g/mol. The average Bonchev–Trinajstić information content (AvgIpc) is 2.88. The summed E-state index contributed by atoms with van der Waals surface area (Å²) in [6.07, 6.45) is 3.62. The predicted molar refractivity (Wildman–Crippen MR) is 74.9 cm³/mol. The molecular formula is C15H21N3. The first-order valence-electron chi connectivity index (χ1n) is 6.81. The molecule has 0 saturated carbocycles. The van der Waals surface area contributed by atoms with E-state index in [1.807, 2.05) is 0 Å². The van der Waals surface area contributed by atoms with Crippen LogP contribution in [0, 0.1) is 13.8 Å². The highest BCUT2D eigenvalue weighted by Crippen LogP contribution is 2.22. The summed E-state index contributed by atoms with van der Waals surface area (Å²) in [4.78, 5) is 4.82. The Morgan fingerprint density at radius 3 is 2.94 bits per heavy atom. The Bertz CT molecular complexity index is 577. The van der Waals surface area contributed by atoms with E-state index >= 15 is 0 Å². The number of imidazole rings is 1. The average molecular weight is 243 g/mol. The van der Waals surface area contributed by atoms with E-state index in [0.717, 1.165) is 18.5 Å². The highest BCUT2D eigenvalue weighted by Gasteiger charge is 2.18. The number of rotatable bonds is 2. The van der Waals surface area contributed by atoms with Gasteiger partial charge in [0, 0.05) is 19.5 Å². The largest absolute Gasteiger partial charge is 0.331 e. The van der Waals surface area contributed by atoms with Gasteiger partial charge >= 0.3 is 0 Å². The van der Waals surface area contributed by atoms with Gasteiger partial charge in [-0.05, 0) is 50.4 Å². The summed E-state index contributed by atoms with van der Waals surface area (Å²) >= 11 is 0. The molecule has 1 saturated heterocycles. The third-order valence-corrected chi connectivity index (χ3v) is 3.99. The summed E-state index contributed by atoms with van der Waals surface area (Å²) in [6.45, 7) is 5.47. The zero-order chi connectivity index (χ0) is 12.7. The lowest BCUT2D eigenvalue weighted by atomic mass is 10.1. The van der Waals surface area contributed by atoms with Crippen molar-refractivity contribution in [3.05, 3.63) is 29.1 Å². The summed E-state index contributed by atoms with van der Waals surface area (Å²) in [7, 11) is 2.14. The molecule has 0 spiro atoms. The molecule has 2 aromatic rings. The fraction of sp³-hybridized carbons (Fsp3) is 0.533. The fourth-order valence-electron chi connectivity index (χ4n) is 3.14. The molecule has 3 nitrogen and oxygen atoms in total. The van der Waals surface area contributed by atoms with Gasteiger partial charge in [0.15, 0.2) is 0 Å². The summed E-state index contributed by atoms with van der Waals surface area (Å²) in [5.41, 5.74) is 5.05. The van der Waals surface area contributed by atoms with Crippen molar-refractivity contribution >= 4 is 11.0 Å². The van der Waals surface area contributed by atoms with Crippen molar-refractivity contribution in [1.29, 1.82) is 0 Å². The van der Waals surface area contributed by atoms with Crippen molar-refractivity contribution in [1.82, 2.24) is 14.9 Å². The molecule has 0 aliphatic carbocycles. The standard InChI is InChI=1S/C15H21N3/c1-10-7-11(2)15-13(8-10)17-14(18(15)3)9-12-5-4-6-16-12/h7-8,12,16H,4-6,9H2,1-3H3. The number of hydrogen-bond donors (Lipinski definition) is 1. The molecule has 1 aromatic heterocycles. The maximum absolute atomic E-state index is 4.82. The zero-order valence-corrected chi connectivity index (χ0v) is 11.5. The summed E-state index contributed by atoms with van der Waals surface area (Å²) in [5.74, 6) is 1.21. The Balaban J connectivity index is 2.02. The van der Waals surface area contributed by atoms with Crippen molar-refractivity contribution in [3.63, 3.8) is 0 Å². The molecule has 3 heteroatoms. The molecule has 1 unspecified atom stereocenters. The summed E-state index contributed by atoms with van der Waals surface area (Å²) in [5, 5.41) is 3.55. The molecule has 1 atom stereocenters. The van der Waals surface area contributed by atoms with Crippen LogP contribution in [0.1, 0.15) is 29.8 Å². The van der Waals surface area contributed by atoms with Crippen LogP contribution in [0.4, 0.5) is 0 Å². The number of nitrogens with zero attached hydrogens (tertiary/aromatic N) is 2. The SMILES string of the molecule is Cc1cc(C)c2c(c1)nc(CC1CCCN1)n2C. The molecule has 1 aliphatic heterocycles. The first-order valence-corrected chi connectivity index (χ1v) is 6.81. The normalized spacial score (nSPS) is 19.8. The number of fused-ring (bicyclic) bond motifs is 1. The molecular weight excluding hydrogens is 222 g/mol. The van der Waals surface area contributed by atoms with E-state index < -0.39 is 0 Å². The van der Waals surface area contributed by atoms with Gasteiger partial charge in [-0.3, -0.25) is 0 Å². The van der Waals surface area contributed by atoms with Gasteiger partial charge in [0.1, 0.15) is 5.82 Å². The molecule has 2 heterocycles. The van der Waals surface area contributed by atoms with E-state index in [0.29, 0.717) is 6.04 Å². The van der Waals surface area contributed by atoms with E-state index in [9.17, 15) is 0 Å². The van der Waals surface area contributed by atoms with Crippen LogP contribution < -0.4 is 5.32 Å². The van der Waals surface area contributed by atoms with E-state index in [2.05, 4.69) is 42.9 Å². The van der Waals surface area contributed by atoms with Crippen LogP contribution >= 0.6 is 0 Å². The molecule has 1 fully saturated rings. The van der Waals surface area contributed by atoms with Gasteiger partial charge < -0.3 is 9.88 Å². The second kappa shape index (κ2) is 4.39. The van der Waals surface area contributed by atoms with Crippen LogP contribution in [-0.4, -0.2) is 22.1 Å². The Kier molecular flexibility index (Phi) is 2.86. The van der Waals surface area contributed by atoms with Gasteiger partial charge in [-0.2, -0.15) is 0 Å².